The zero-order valence-corrected chi connectivity index (χ0v) is 12.3. The van der Waals surface area contributed by atoms with E-state index in [1.165, 1.54) is 6.42 Å². The van der Waals surface area contributed by atoms with Crippen molar-refractivity contribution in [2.45, 2.75) is 72.4 Å². The van der Waals surface area contributed by atoms with Crippen molar-refractivity contribution in [3.8, 4) is 0 Å². The standard InChI is InChI=1S/C15H31NO/c1-11(2)8-9-17-14-10-12(15(3,4)5)6-7-13(14)16/h11-14H,6-10,16H2,1-5H3. The highest BCUT2D eigenvalue weighted by atomic mass is 16.5. The predicted octanol–water partition coefficient (Wildman–Crippen LogP) is 3.59. The lowest BCUT2D eigenvalue weighted by molar-refractivity contribution is -0.0223. The van der Waals surface area contributed by atoms with E-state index in [1.807, 2.05) is 0 Å². The SMILES string of the molecule is CC(C)CCOC1CC(C(C)(C)C)CCC1N. The van der Waals surface area contributed by atoms with Gasteiger partial charge in [0.25, 0.3) is 0 Å². The summed E-state index contributed by atoms with van der Waals surface area (Å²) in [4.78, 5) is 0. The van der Waals surface area contributed by atoms with Crippen molar-refractivity contribution >= 4 is 0 Å². The van der Waals surface area contributed by atoms with Crippen LogP contribution in [0.1, 0.15) is 60.3 Å². The molecule has 0 aromatic carbocycles. The summed E-state index contributed by atoms with van der Waals surface area (Å²) in [5.41, 5.74) is 6.57. The summed E-state index contributed by atoms with van der Waals surface area (Å²) in [5, 5.41) is 0. The predicted molar refractivity (Wildman–Crippen MR) is 74.0 cm³/mol. The molecule has 1 saturated carbocycles. The molecule has 17 heavy (non-hydrogen) atoms. The third-order valence-corrected chi connectivity index (χ3v) is 4.09. The Morgan fingerprint density at radius 2 is 1.88 bits per heavy atom. The van der Waals surface area contributed by atoms with Crippen LogP contribution in [0.4, 0.5) is 0 Å². The van der Waals surface area contributed by atoms with E-state index >= 15 is 0 Å². The van der Waals surface area contributed by atoms with Gasteiger partial charge in [0.2, 0.25) is 0 Å². The quantitative estimate of drug-likeness (QED) is 0.816. The molecule has 0 aliphatic heterocycles. The van der Waals surface area contributed by atoms with E-state index < -0.39 is 0 Å². The molecule has 2 N–H and O–H groups in total. The lowest BCUT2D eigenvalue weighted by Gasteiger charge is -2.40. The lowest BCUT2D eigenvalue weighted by Crippen LogP contribution is -2.44. The summed E-state index contributed by atoms with van der Waals surface area (Å²) in [5.74, 6) is 1.47. The molecule has 1 rings (SSSR count). The van der Waals surface area contributed by atoms with E-state index in [4.69, 9.17) is 10.5 Å². The Labute approximate surface area is 107 Å². The largest absolute Gasteiger partial charge is 0.377 e. The van der Waals surface area contributed by atoms with E-state index in [-0.39, 0.29) is 12.1 Å². The molecule has 0 amide bonds. The van der Waals surface area contributed by atoms with Crippen LogP contribution in [-0.2, 0) is 4.74 Å². The first kappa shape index (κ1) is 15.0. The Morgan fingerprint density at radius 3 is 2.41 bits per heavy atom. The average Bonchev–Trinajstić information content (AvgIpc) is 2.18. The maximum Gasteiger partial charge on any atom is 0.0728 e. The zero-order valence-electron chi connectivity index (χ0n) is 12.3. The number of rotatable bonds is 4. The molecular formula is C15H31NO. The summed E-state index contributed by atoms with van der Waals surface area (Å²) in [7, 11) is 0. The Hall–Kier alpha value is -0.0800. The number of nitrogens with two attached hydrogens (primary N) is 1. The second-order valence-electron chi connectivity index (χ2n) is 7.13. The molecule has 3 unspecified atom stereocenters. The van der Waals surface area contributed by atoms with Gasteiger partial charge < -0.3 is 10.5 Å². The number of hydrogen-bond donors (Lipinski definition) is 1. The summed E-state index contributed by atoms with van der Waals surface area (Å²) in [6.45, 7) is 12.3. The normalized spacial score (nSPS) is 30.9. The fourth-order valence-electron chi connectivity index (χ4n) is 2.59. The fraction of sp³-hybridized carbons (Fsp3) is 1.00. The van der Waals surface area contributed by atoms with Crippen LogP contribution >= 0.6 is 0 Å². The molecule has 1 aliphatic rings. The van der Waals surface area contributed by atoms with Gasteiger partial charge in [0, 0.05) is 12.6 Å². The Balaban J connectivity index is 2.41. The first-order chi connectivity index (χ1) is 7.80. The summed E-state index contributed by atoms with van der Waals surface area (Å²) in [6.07, 6.45) is 4.95. The minimum absolute atomic E-state index is 0.251. The molecule has 102 valence electrons. The lowest BCUT2D eigenvalue weighted by atomic mass is 9.70. The van der Waals surface area contributed by atoms with Crippen molar-refractivity contribution in [1.82, 2.24) is 0 Å². The van der Waals surface area contributed by atoms with Crippen molar-refractivity contribution in [1.29, 1.82) is 0 Å². The van der Waals surface area contributed by atoms with Gasteiger partial charge in [0.15, 0.2) is 0 Å². The van der Waals surface area contributed by atoms with Crippen molar-refractivity contribution < 1.29 is 4.74 Å². The number of ether oxygens (including phenoxy) is 1. The summed E-state index contributed by atoms with van der Waals surface area (Å²) >= 11 is 0. The van der Waals surface area contributed by atoms with Gasteiger partial charge in [-0.25, -0.2) is 0 Å². The van der Waals surface area contributed by atoms with Gasteiger partial charge in [-0.1, -0.05) is 34.6 Å². The highest BCUT2D eigenvalue weighted by molar-refractivity contribution is 4.88. The zero-order chi connectivity index (χ0) is 13.1. The van der Waals surface area contributed by atoms with Crippen LogP contribution in [0, 0.1) is 17.3 Å². The van der Waals surface area contributed by atoms with Crippen molar-refractivity contribution in [2.75, 3.05) is 6.61 Å². The van der Waals surface area contributed by atoms with Crippen LogP contribution in [0.25, 0.3) is 0 Å². The van der Waals surface area contributed by atoms with Gasteiger partial charge in [-0.05, 0) is 42.9 Å². The highest BCUT2D eigenvalue weighted by Crippen LogP contribution is 2.38. The summed E-state index contributed by atoms with van der Waals surface area (Å²) < 4.78 is 6.01. The van der Waals surface area contributed by atoms with Gasteiger partial charge >= 0.3 is 0 Å². The Kier molecular flexibility index (Phi) is 5.46. The van der Waals surface area contributed by atoms with Gasteiger partial charge in [-0.2, -0.15) is 0 Å². The maximum absolute atomic E-state index is 6.18. The smallest absolute Gasteiger partial charge is 0.0728 e. The van der Waals surface area contributed by atoms with Gasteiger partial charge in [-0.15, -0.1) is 0 Å². The van der Waals surface area contributed by atoms with E-state index in [0.717, 1.165) is 31.8 Å². The molecule has 2 nitrogen and oxygen atoms in total. The molecule has 0 heterocycles. The third-order valence-electron chi connectivity index (χ3n) is 4.09. The van der Waals surface area contributed by atoms with Gasteiger partial charge in [0.1, 0.15) is 0 Å². The van der Waals surface area contributed by atoms with Gasteiger partial charge in [0.05, 0.1) is 6.10 Å². The third kappa shape index (κ3) is 4.97. The van der Waals surface area contributed by atoms with Crippen LogP contribution in [-0.4, -0.2) is 18.8 Å². The molecular weight excluding hydrogens is 210 g/mol. The first-order valence-electron chi connectivity index (χ1n) is 7.18. The van der Waals surface area contributed by atoms with E-state index in [9.17, 15) is 0 Å². The minimum Gasteiger partial charge on any atom is -0.377 e. The molecule has 3 atom stereocenters. The van der Waals surface area contributed by atoms with Crippen molar-refractivity contribution in [3.05, 3.63) is 0 Å². The first-order valence-corrected chi connectivity index (χ1v) is 7.18. The topological polar surface area (TPSA) is 35.2 Å². The van der Waals surface area contributed by atoms with Crippen molar-refractivity contribution in [2.24, 2.45) is 23.0 Å². The molecule has 0 bridgehead atoms. The molecule has 0 spiro atoms. The van der Waals surface area contributed by atoms with Crippen LogP contribution in [0.2, 0.25) is 0 Å². The Bertz CT molecular complexity index is 219. The van der Waals surface area contributed by atoms with E-state index in [1.54, 1.807) is 0 Å². The van der Waals surface area contributed by atoms with Crippen molar-refractivity contribution in [3.63, 3.8) is 0 Å². The van der Waals surface area contributed by atoms with Crippen LogP contribution in [0.5, 0.6) is 0 Å². The fourth-order valence-corrected chi connectivity index (χ4v) is 2.59. The number of hydrogen-bond acceptors (Lipinski definition) is 2. The molecule has 0 aromatic heterocycles. The Morgan fingerprint density at radius 1 is 1.24 bits per heavy atom. The molecule has 0 saturated heterocycles. The molecule has 1 aliphatic carbocycles. The van der Waals surface area contributed by atoms with Crippen LogP contribution in [0.3, 0.4) is 0 Å². The summed E-state index contributed by atoms with van der Waals surface area (Å²) in [6, 6.07) is 0.251. The molecule has 1 fully saturated rings. The van der Waals surface area contributed by atoms with Gasteiger partial charge in [-0.3, -0.25) is 0 Å². The second-order valence-corrected chi connectivity index (χ2v) is 7.13. The van der Waals surface area contributed by atoms with E-state index in [0.29, 0.717) is 11.3 Å². The second kappa shape index (κ2) is 6.19. The van der Waals surface area contributed by atoms with Crippen LogP contribution < -0.4 is 5.73 Å². The maximum atomic E-state index is 6.18. The monoisotopic (exact) mass is 241 g/mol. The average molecular weight is 241 g/mol. The molecule has 0 aromatic rings. The molecule has 0 radical (unpaired) electrons. The van der Waals surface area contributed by atoms with Crippen LogP contribution in [0.15, 0.2) is 0 Å². The highest BCUT2D eigenvalue weighted by Gasteiger charge is 2.34. The molecule has 2 heteroatoms. The minimum atomic E-state index is 0.251. The van der Waals surface area contributed by atoms with E-state index in [2.05, 4.69) is 34.6 Å².